The van der Waals surface area contributed by atoms with Crippen LogP contribution in [-0.4, -0.2) is 42.5 Å². The fourth-order valence-corrected chi connectivity index (χ4v) is 3.01. The first-order valence-corrected chi connectivity index (χ1v) is 7.96. The third kappa shape index (κ3) is 3.29. The normalized spacial score (nSPS) is 22.3. The van der Waals surface area contributed by atoms with Crippen LogP contribution in [-0.2, 0) is 9.53 Å². The molecule has 1 aliphatic heterocycles. The van der Waals surface area contributed by atoms with Crippen LogP contribution in [0.2, 0.25) is 0 Å². The molecule has 3 rings (SSSR count). The summed E-state index contributed by atoms with van der Waals surface area (Å²) in [6, 6.07) is 7.14. The van der Waals surface area contributed by atoms with E-state index < -0.39 is 0 Å². The minimum atomic E-state index is -0.265. The molecule has 1 saturated carbocycles. The molecule has 2 aliphatic rings. The van der Waals surface area contributed by atoms with Gasteiger partial charge in [0, 0.05) is 17.8 Å². The van der Waals surface area contributed by atoms with Crippen molar-refractivity contribution in [1.29, 1.82) is 0 Å². The van der Waals surface area contributed by atoms with Crippen LogP contribution in [0.25, 0.3) is 0 Å². The van der Waals surface area contributed by atoms with Crippen molar-refractivity contribution >= 4 is 17.5 Å². The molecule has 1 aromatic carbocycles. The van der Waals surface area contributed by atoms with Crippen molar-refractivity contribution in [2.24, 2.45) is 5.41 Å². The van der Waals surface area contributed by atoms with Crippen LogP contribution in [0.1, 0.15) is 30.1 Å². The summed E-state index contributed by atoms with van der Waals surface area (Å²) in [5.41, 5.74) is 1.49. The Morgan fingerprint density at radius 3 is 2.65 bits per heavy atom. The molecule has 1 saturated heterocycles. The van der Waals surface area contributed by atoms with Crippen LogP contribution in [0.15, 0.2) is 36.9 Å². The van der Waals surface area contributed by atoms with E-state index in [0.717, 1.165) is 12.8 Å². The van der Waals surface area contributed by atoms with Gasteiger partial charge in [0.1, 0.15) is 0 Å². The average Bonchev–Trinajstić information content (AvgIpc) is 3.33. The molecule has 1 atom stereocenters. The minimum absolute atomic E-state index is 0.0352. The van der Waals surface area contributed by atoms with Crippen molar-refractivity contribution < 1.29 is 14.3 Å². The van der Waals surface area contributed by atoms with Crippen LogP contribution in [0, 0.1) is 5.41 Å². The number of carbonyl (C=O) groups is 2. The second-order valence-corrected chi connectivity index (χ2v) is 6.51. The molecule has 2 amide bonds. The molecule has 5 heteroatoms. The lowest BCUT2D eigenvalue weighted by atomic mass is 9.96. The van der Waals surface area contributed by atoms with Crippen LogP contribution in [0.3, 0.4) is 0 Å². The highest BCUT2D eigenvalue weighted by Gasteiger charge is 2.49. The molecule has 1 heterocycles. The third-order valence-electron chi connectivity index (χ3n) is 4.82. The molecule has 23 heavy (non-hydrogen) atoms. The Bertz CT molecular complexity index is 620. The Balaban J connectivity index is 1.73. The third-order valence-corrected chi connectivity index (χ3v) is 4.82. The quantitative estimate of drug-likeness (QED) is 0.869. The van der Waals surface area contributed by atoms with E-state index in [9.17, 15) is 9.59 Å². The first-order valence-electron chi connectivity index (χ1n) is 7.96. The number of hydrogen-bond donors (Lipinski definition) is 1. The second kappa shape index (κ2) is 6.16. The number of carbonyl (C=O) groups excluding carboxylic acids is 2. The van der Waals surface area contributed by atoms with Crippen molar-refractivity contribution in [3.8, 4) is 0 Å². The van der Waals surface area contributed by atoms with Gasteiger partial charge >= 0.3 is 0 Å². The van der Waals surface area contributed by atoms with Gasteiger partial charge in [-0.15, -0.1) is 0 Å². The maximum absolute atomic E-state index is 12.8. The van der Waals surface area contributed by atoms with E-state index in [4.69, 9.17) is 4.74 Å². The molecule has 5 nitrogen and oxygen atoms in total. The summed E-state index contributed by atoms with van der Waals surface area (Å²) in [6.45, 7) is 7.48. The largest absolute Gasteiger partial charge is 0.377 e. The van der Waals surface area contributed by atoms with Gasteiger partial charge in [-0.25, -0.2) is 0 Å². The monoisotopic (exact) mass is 314 g/mol. The number of ether oxygens (including phenoxy) is 1. The molecule has 0 aromatic heterocycles. The Kier molecular flexibility index (Phi) is 4.22. The van der Waals surface area contributed by atoms with Gasteiger partial charge in [0.25, 0.3) is 5.91 Å². The predicted molar refractivity (Wildman–Crippen MR) is 88.3 cm³/mol. The standard InChI is InChI=1S/C18H22N2O3/c1-3-16(21)19-14-6-4-13(5-7-14)17(22)20-10-11-23-12-15(20)18(2)8-9-18/h3-7,15H,1,8-12H2,2H3,(H,19,21). The van der Waals surface area contributed by atoms with Crippen molar-refractivity contribution in [2.45, 2.75) is 25.8 Å². The Morgan fingerprint density at radius 1 is 1.35 bits per heavy atom. The molecule has 122 valence electrons. The molecule has 1 aromatic rings. The van der Waals surface area contributed by atoms with E-state index in [2.05, 4.69) is 18.8 Å². The van der Waals surface area contributed by atoms with Crippen LogP contribution >= 0.6 is 0 Å². The lowest BCUT2D eigenvalue weighted by Crippen LogP contribution is -2.52. The van der Waals surface area contributed by atoms with E-state index >= 15 is 0 Å². The Labute approximate surface area is 136 Å². The fourth-order valence-electron chi connectivity index (χ4n) is 3.01. The maximum atomic E-state index is 12.8. The Hall–Kier alpha value is -2.14. The number of nitrogens with zero attached hydrogens (tertiary/aromatic N) is 1. The number of amides is 2. The zero-order chi connectivity index (χ0) is 16.4. The summed E-state index contributed by atoms with van der Waals surface area (Å²) in [6.07, 6.45) is 3.52. The SMILES string of the molecule is C=CC(=O)Nc1ccc(C(=O)N2CCOCC2C2(C)CC2)cc1. The Morgan fingerprint density at radius 2 is 2.04 bits per heavy atom. The first-order chi connectivity index (χ1) is 11.0. The number of benzene rings is 1. The van der Waals surface area contributed by atoms with Gasteiger partial charge in [0.2, 0.25) is 5.91 Å². The maximum Gasteiger partial charge on any atom is 0.254 e. The number of anilines is 1. The average molecular weight is 314 g/mol. The van der Waals surface area contributed by atoms with Gasteiger partial charge in [-0.1, -0.05) is 13.5 Å². The van der Waals surface area contributed by atoms with Gasteiger partial charge in [-0.2, -0.15) is 0 Å². The fraction of sp³-hybridized carbons (Fsp3) is 0.444. The molecule has 0 bridgehead atoms. The summed E-state index contributed by atoms with van der Waals surface area (Å²) in [5.74, 6) is -0.230. The van der Waals surface area contributed by atoms with Gasteiger partial charge in [-0.05, 0) is 48.6 Å². The first kappa shape index (κ1) is 15.7. The number of rotatable bonds is 4. The zero-order valence-electron chi connectivity index (χ0n) is 13.4. The van der Waals surface area contributed by atoms with Gasteiger partial charge in [-0.3, -0.25) is 9.59 Å². The van der Waals surface area contributed by atoms with Crippen LogP contribution in [0.4, 0.5) is 5.69 Å². The summed E-state index contributed by atoms with van der Waals surface area (Å²) in [5, 5.41) is 2.68. The molecular formula is C18H22N2O3. The second-order valence-electron chi connectivity index (χ2n) is 6.51. The molecule has 0 radical (unpaired) electrons. The van der Waals surface area contributed by atoms with Crippen molar-refractivity contribution in [1.82, 2.24) is 4.90 Å². The van der Waals surface area contributed by atoms with E-state index in [1.54, 1.807) is 24.3 Å². The molecule has 0 spiro atoms. The van der Waals surface area contributed by atoms with E-state index in [0.29, 0.717) is 31.0 Å². The summed E-state index contributed by atoms with van der Waals surface area (Å²) in [4.78, 5) is 26.1. The van der Waals surface area contributed by atoms with Gasteiger partial charge in [0.05, 0.1) is 19.3 Å². The summed E-state index contributed by atoms with van der Waals surface area (Å²) < 4.78 is 5.59. The topological polar surface area (TPSA) is 58.6 Å². The molecule has 2 fully saturated rings. The van der Waals surface area contributed by atoms with E-state index in [-0.39, 0.29) is 23.3 Å². The summed E-state index contributed by atoms with van der Waals surface area (Å²) >= 11 is 0. The van der Waals surface area contributed by atoms with Crippen molar-refractivity contribution in [3.63, 3.8) is 0 Å². The van der Waals surface area contributed by atoms with E-state index in [1.807, 2.05) is 4.90 Å². The molecule has 1 aliphatic carbocycles. The van der Waals surface area contributed by atoms with E-state index in [1.165, 1.54) is 6.08 Å². The van der Waals surface area contributed by atoms with Crippen molar-refractivity contribution in [3.05, 3.63) is 42.5 Å². The van der Waals surface area contributed by atoms with Crippen LogP contribution < -0.4 is 5.32 Å². The molecule has 1 unspecified atom stereocenters. The summed E-state index contributed by atoms with van der Waals surface area (Å²) in [7, 11) is 0. The van der Waals surface area contributed by atoms with Gasteiger partial charge < -0.3 is 15.0 Å². The highest BCUT2D eigenvalue weighted by molar-refractivity contribution is 5.99. The molecular weight excluding hydrogens is 292 g/mol. The highest BCUT2D eigenvalue weighted by atomic mass is 16.5. The lowest BCUT2D eigenvalue weighted by molar-refractivity contribution is -0.111. The van der Waals surface area contributed by atoms with Gasteiger partial charge in [0.15, 0.2) is 0 Å². The van der Waals surface area contributed by atoms with Crippen LogP contribution in [0.5, 0.6) is 0 Å². The highest BCUT2D eigenvalue weighted by Crippen LogP contribution is 2.50. The predicted octanol–water partition coefficient (Wildman–Crippen LogP) is 2.45. The minimum Gasteiger partial charge on any atom is -0.377 e. The number of nitrogens with one attached hydrogen (secondary N) is 1. The smallest absolute Gasteiger partial charge is 0.254 e. The zero-order valence-corrected chi connectivity index (χ0v) is 13.4. The lowest BCUT2D eigenvalue weighted by Gasteiger charge is -2.39. The number of hydrogen-bond acceptors (Lipinski definition) is 3. The molecule has 1 N–H and O–H groups in total. The number of morpholine rings is 1. The van der Waals surface area contributed by atoms with Crippen molar-refractivity contribution in [2.75, 3.05) is 25.1 Å².